The Balaban J connectivity index is 2.21. The Morgan fingerprint density at radius 1 is 1.12 bits per heavy atom. The lowest BCUT2D eigenvalue weighted by Crippen LogP contribution is -2.31. The van der Waals surface area contributed by atoms with Crippen LogP contribution in [0.4, 0.5) is 0 Å². The summed E-state index contributed by atoms with van der Waals surface area (Å²) in [4.78, 5) is 38.2. The number of H-pyrrole nitrogens is 2. The Bertz CT molecular complexity index is 1030. The quantitative estimate of drug-likeness (QED) is 0.717. The average Bonchev–Trinajstić information content (AvgIpc) is 3.03. The molecular formula is C16H19N5O4. The fourth-order valence-electron chi connectivity index (χ4n) is 2.56. The van der Waals surface area contributed by atoms with Gasteiger partial charge in [0.15, 0.2) is 17.2 Å². The Morgan fingerprint density at radius 2 is 1.88 bits per heavy atom. The number of hydrogen-bond donors (Lipinski definition) is 2. The summed E-state index contributed by atoms with van der Waals surface area (Å²) in [5.41, 5.74) is 0.00131. The molecule has 3 heterocycles. The molecule has 0 amide bonds. The molecule has 3 aromatic rings. The number of nitrogens with zero attached hydrogens (tertiary/aromatic N) is 3. The van der Waals surface area contributed by atoms with Crippen molar-refractivity contribution < 1.29 is 9.47 Å². The van der Waals surface area contributed by atoms with Gasteiger partial charge in [0.2, 0.25) is 0 Å². The molecule has 9 heteroatoms. The first kappa shape index (κ1) is 16.7. The van der Waals surface area contributed by atoms with Crippen LogP contribution in [0, 0.1) is 5.92 Å². The number of methoxy groups -OCH3 is 2. The van der Waals surface area contributed by atoms with Crippen LogP contribution in [0.2, 0.25) is 0 Å². The number of ether oxygens (including phenoxy) is 2. The summed E-state index contributed by atoms with van der Waals surface area (Å²) in [6.07, 6.45) is 0. The van der Waals surface area contributed by atoms with Gasteiger partial charge in [0.05, 0.1) is 14.2 Å². The van der Waals surface area contributed by atoms with Gasteiger partial charge in [-0.05, 0) is 18.1 Å². The molecule has 0 aliphatic rings. The summed E-state index contributed by atoms with van der Waals surface area (Å²) < 4.78 is 11.8. The molecule has 0 aliphatic carbocycles. The van der Waals surface area contributed by atoms with Crippen molar-refractivity contribution >= 4 is 11.2 Å². The van der Waals surface area contributed by atoms with E-state index < -0.39 is 11.2 Å². The van der Waals surface area contributed by atoms with E-state index in [1.165, 1.54) is 18.8 Å². The van der Waals surface area contributed by atoms with Crippen molar-refractivity contribution in [1.29, 1.82) is 0 Å². The predicted molar refractivity (Wildman–Crippen MR) is 92.1 cm³/mol. The molecule has 9 nitrogen and oxygen atoms in total. The molecule has 0 fully saturated rings. The van der Waals surface area contributed by atoms with E-state index >= 15 is 0 Å². The normalized spacial score (nSPS) is 11.2. The zero-order valence-electron chi connectivity index (χ0n) is 14.4. The standard InChI is InChI=1S/C16H19N5O4/c1-8(2)7-21-13-11(14(22)20-16(21)23)18-12(19-13)9-5-6-10(24-3)15(17-9)25-4/h5-6,8H,7H2,1-4H3,(H,18,19)(H,20,22,23). The molecule has 132 valence electrons. The highest BCUT2D eigenvalue weighted by atomic mass is 16.5. The Kier molecular flexibility index (Phi) is 4.30. The number of aromatic amines is 2. The maximum absolute atomic E-state index is 12.1. The number of rotatable bonds is 5. The van der Waals surface area contributed by atoms with E-state index in [2.05, 4.69) is 19.9 Å². The van der Waals surface area contributed by atoms with Crippen LogP contribution in [-0.4, -0.2) is 38.7 Å². The SMILES string of the molecule is COc1ccc(-c2nc3c([nH]2)c(=O)[nH]c(=O)n3CC(C)C)nc1OC. The number of fused-ring (bicyclic) bond motifs is 1. The van der Waals surface area contributed by atoms with Gasteiger partial charge in [-0.25, -0.2) is 14.8 Å². The number of nitrogens with one attached hydrogen (secondary N) is 2. The summed E-state index contributed by atoms with van der Waals surface area (Å²) in [6, 6.07) is 3.39. The monoisotopic (exact) mass is 345 g/mol. The van der Waals surface area contributed by atoms with Crippen molar-refractivity contribution in [3.63, 3.8) is 0 Å². The van der Waals surface area contributed by atoms with Gasteiger partial charge >= 0.3 is 5.69 Å². The second-order valence-corrected chi connectivity index (χ2v) is 5.96. The molecule has 0 bridgehead atoms. The largest absolute Gasteiger partial charge is 0.491 e. The highest BCUT2D eigenvalue weighted by molar-refractivity contribution is 5.74. The maximum atomic E-state index is 12.1. The lowest BCUT2D eigenvalue weighted by molar-refractivity contribution is 0.343. The summed E-state index contributed by atoms with van der Waals surface area (Å²) in [5, 5.41) is 0. The molecule has 0 spiro atoms. The van der Waals surface area contributed by atoms with Gasteiger partial charge in [0, 0.05) is 6.54 Å². The molecule has 0 aliphatic heterocycles. The zero-order chi connectivity index (χ0) is 18.1. The van der Waals surface area contributed by atoms with Crippen molar-refractivity contribution in [2.45, 2.75) is 20.4 Å². The summed E-state index contributed by atoms with van der Waals surface area (Å²) in [7, 11) is 3.00. The van der Waals surface area contributed by atoms with Gasteiger partial charge in [-0.3, -0.25) is 14.3 Å². The van der Waals surface area contributed by atoms with Crippen LogP contribution < -0.4 is 20.7 Å². The Hall–Kier alpha value is -3.10. The molecule has 0 unspecified atom stereocenters. The molecule has 3 aromatic heterocycles. The van der Waals surface area contributed by atoms with Crippen molar-refractivity contribution in [2.75, 3.05) is 14.2 Å². The first-order valence-electron chi connectivity index (χ1n) is 7.76. The van der Waals surface area contributed by atoms with E-state index in [1.54, 1.807) is 12.1 Å². The van der Waals surface area contributed by atoms with Crippen LogP contribution in [0.5, 0.6) is 11.6 Å². The highest BCUT2D eigenvalue weighted by Gasteiger charge is 2.16. The van der Waals surface area contributed by atoms with Crippen LogP contribution in [0.15, 0.2) is 21.7 Å². The third-order valence-corrected chi connectivity index (χ3v) is 3.66. The fraction of sp³-hybridized carbons (Fsp3) is 0.375. The third-order valence-electron chi connectivity index (χ3n) is 3.66. The van der Waals surface area contributed by atoms with E-state index in [0.717, 1.165) is 0 Å². The third kappa shape index (κ3) is 3.00. The second kappa shape index (κ2) is 6.42. The van der Waals surface area contributed by atoms with Crippen LogP contribution in [-0.2, 0) is 6.54 Å². The van der Waals surface area contributed by atoms with Gasteiger partial charge in [-0.15, -0.1) is 0 Å². The fourth-order valence-corrected chi connectivity index (χ4v) is 2.56. The molecule has 25 heavy (non-hydrogen) atoms. The first-order valence-corrected chi connectivity index (χ1v) is 7.76. The van der Waals surface area contributed by atoms with Crippen molar-refractivity contribution in [3.05, 3.63) is 33.0 Å². The zero-order valence-corrected chi connectivity index (χ0v) is 14.4. The van der Waals surface area contributed by atoms with Gasteiger partial charge in [-0.1, -0.05) is 13.8 Å². The van der Waals surface area contributed by atoms with E-state index in [1.807, 2.05) is 13.8 Å². The van der Waals surface area contributed by atoms with Crippen LogP contribution >= 0.6 is 0 Å². The van der Waals surface area contributed by atoms with Crippen molar-refractivity contribution in [1.82, 2.24) is 24.5 Å². The molecule has 3 rings (SSSR count). The minimum absolute atomic E-state index is 0.214. The average molecular weight is 345 g/mol. The molecular weight excluding hydrogens is 326 g/mol. The topological polar surface area (TPSA) is 115 Å². The molecule has 0 atom stereocenters. The molecule has 0 saturated carbocycles. The molecule has 2 N–H and O–H groups in total. The minimum Gasteiger partial charge on any atom is -0.491 e. The van der Waals surface area contributed by atoms with Gasteiger partial charge < -0.3 is 14.5 Å². The first-order chi connectivity index (χ1) is 11.9. The smallest absolute Gasteiger partial charge is 0.330 e. The summed E-state index contributed by atoms with van der Waals surface area (Å²) in [6.45, 7) is 4.40. The van der Waals surface area contributed by atoms with Gasteiger partial charge in [0.25, 0.3) is 11.4 Å². The number of aromatic nitrogens is 5. The molecule has 0 aromatic carbocycles. The van der Waals surface area contributed by atoms with Crippen molar-refractivity contribution in [2.24, 2.45) is 5.92 Å². The number of hydrogen-bond acceptors (Lipinski definition) is 6. The summed E-state index contributed by atoms with van der Waals surface area (Å²) >= 11 is 0. The Labute approximate surface area is 142 Å². The van der Waals surface area contributed by atoms with Crippen LogP contribution in [0.25, 0.3) is 22.7 Å². The predicted octanol–water partition coefficient (Wildman–Crippen LogP) is 1.15. The van der Waals surface area contributed by atoms with Crippen LogP contribution in [0.1, 0.15) is 13.8 Å². The number of pyridine rings is 1. The minimum atomic E-state index is -0.515. The van der Waals surface area contributed by atoms with E-state index in [9.17, 15) is 9.59 Å². The lowest BCUT2D eigenvalue weighted by atomic mass is 10.2. The van der Waals surface area contributed by atoms with Crippen LogP contribution in [0.3, 0.4) is 0 Å². The van der Waals surface area contributed by atoms with Crippen molar-refractivity contribution in [3.8, 4) is 23.1 Å². The number of imidazole rings is 1. The molecule has 0 radical (unpaired) electrons. The second-order valence-electron chi connectivity index (χ2n) is 5.96. The maximum Gasteiger partial charge on any atom is 0.330 e. The molecule has 0 saturated heterocycles. The van der Waals surface area contributed by atoms with Gasteiger partial charge in [-0.2, -0.15) is 0 Å². The lowest BCUT2D eigenvalue weighted by Gasteiger charge is -2.08. The van der Waals surface area contributed by atoms with Gasteiger partial charge in [0.1, 0.15) is 11.2 Å². The summed E-state index contributed by atoms with van der Waals surface area (Å²) in [5.74, 6) is 1.36. The van der Waals surface area contributed by atoms with E-state index in [-0.39, 0.29) is 11.4 Å². The highest BCUT2D eigenvalue weighted by Crippen LogP contribution is 2.27. The van der Waals surface area contributed by atoms with E-state index in [4.69, 9.17) is 9.47 Å². The van der Waals surface area contributed by atoms with E-state index in [0.29, 0.717) is 35.3 Å². The Morgan fingerprint density at radius 3 is 2.52 bits per heavy atom.